The molecule has 0 fully saturated rings. The number of nitrogens with zero attached hydrogens (tertiary/aromatic N) is 1. The smallest absolute Gasteiger partial charge is 0.242 e. The third-order valence-electron chi connectivity index (χ3n) is 4.21. The topological polar surface area (TPSA) is 89.3 Å². The predicted molar refractivity (Wildman–Crippen MR) is 102 cm³/mol. The van der Waals surface area contributed by atoms with Crippen molar-refractivity contribution in [3.05, 3.63) is 48.5 Å². The zero-order valence-electron chi connectivity index (χ0n) is 14.8. The molecular formula is C19H20N2O4S. The fourth-order valence-corrected chi connectivity index (χ4v) is 3.67. The minimum atomic E-state index is -3.50. The second kappa shape index (κ2) is 6.92. The van der Waals surface area contributed by atoms with Crippen molar-refractivity contribution >= 4 is 32.5 Å². The van der Waals surface area contributed by atoms with Crippen LogP contribution in [0.1, 0.15) is 20.8 Å². The summed E-state index contributed by atoms with van der Waals surface area (Å²) in [6, 6.07) is 14.4. The molecule has 1 heterocycles. The Morgan fingerprint density at radius 1 is 1.04 bits per heavy atom. The average Bonchev–Trinajstić information content (AvgIpc) is 3.05. The highest BCUT2D eigenvalue weighted by Crippen LogP contribution is 2.25. The molecule has 2 aromatic carbocycles. The summed E-state index contributed by atoms with van der Waals surface area (Å²) in [5.41, 5.74) is 2.75. The summed E-state index contributed by atoms with van der Waals surface area (Å²) >= 11 is 0. The molecular weight excluding hydrogens is 352 g/mol. The molecule has 1 amide bonds. The zero-order valence-corrected chi connectivity index (χ0v) is 15.6. The third-order valence-corrected chi connectivity index (χ3v) is 6.73. The summed E-state index contributed by atoms with van der Waals surface area (Å²) in [6.07, 6.45) is 0. The summed E-state index contributed by atoms with van der Waals surface area (Å²) in [7, 11) is -3.50. The van der Waals surface area contributed by atoms with Crippen LogP contribution < -0.4 is 5.32 Å². The quantitative estimate of drug-likeness (QED) is 0.738. The summed E-state index contributed by atoms with van der Waals surface area (Å²) in [5.74, 6) is -0.0619. The molecule has 0 radical (unpaired) electrons. The van der Waals surface area contributed by atoms with Crippen molar-refractivity contribution in [3.8, 4) is 11.5 Å². The molecule has 0 saturated carbocycles. The van der Waals surface area contributed by atoms with Crippen LogP contribution in [0.3, 0.4) is 0 Å². The van der Waals surface area contributed by atoms with Crippen molar-refractivity contribution in [1.82, 2.24) is 4.98 Å². The minimum Gasteiger partial charge on any atom is -0.436 e. The number of anilines is 1. The number of rotatable bonds is 5. The first kappa shape index (κ1) is 18.1. The summed E-state index contributed by atoms with van der Waals surface area (Å²) in [6.45, 7) is 4.53. The Morgan fingerprint density at radius 2 is 1.69 bits per heavy atom. The Kier molecular flexibility index (Phi) is 4.82. The van der Waals surface area contributed by atoms with E-state index in [0.29, 0.717) is 17.2 Å². The third kappa shape index (κ3) is 3.48. The van der Waals surface area contributed by atoms with E-state index >= 15 is 0 Å². The lowest BCUT2D eigenvalue weighted by molar-refractivity contribution is -0.115. The van der Waals surface area contributed by atoms with Gasteiger partial charge < -0.3 is 9.73 Å². The van der Waals surface area contributed by atoms with Gasteiger partial charge in [-0.2, -0.15) is 0 Å². The van der Waals surface area contributed by atoms with E-state index in [1.165, 1.54) is 6.92 Å². The molecule has 0 aliphatic carbocycles. The van der Waals surface area contributed by atoms with Gasteiger partial charge in [0.15, 0.2) is 15.4 Å². The first-order valence-corrected chi connectivity index (χ1v) is 9.89. The van der Waals surface area contributed by atoms with E-state index in [1.54, 1.807) is 38.1 Å². The molecule has 1 aromatic heterocycles. The van der Waals surface area contributed by atoms with Gasteiger partial charge >= 0.3 is 0 Å². The molecule has 0 spiro atoms. The second-order valence-electron chi connectivity index (χ2n) is 6.33. The van der Waals surface area contributed by atoms with Crippen LogP contribution in [-0.2, 0) is 14.6 Å². The number of nitrogens with one attached hydrogen (secondary N) is 1. The highest BCUT2D eigenvalue weighted by Gasteiger charge is 2.30. The second-order valence-corrected chi connectivity index (χ2v) is 9.16. The van der Waals surface area contributed by atoms with Crippen LogP contribution in [0.5, 0.6) is 0 Å². The maximum Gasteiger partial charge on any atom is 0.242 e. The molecule has 3 aromatic rings. The van der Waals surface area contributed by atoms with Crippen molar-refractivity contribution in [2.24, 2.45) is 0 Å². The zero-order chi connectivity index (χ0) is 18.9. The predicted octanol–water partition coefficient (Wildman–Crippen LogP) is 3.65. The van der Waals surface area contributed by atoms with Crippen molar-refractivity contribution in [2.75, 3.05) is 5.32 Å². The van der Waals surface area contributed by atoms with Crippen molar-refractivity contribution < 1.29 is 17.6 Å². The standard InChI is InChI=1S/C19H20N2O4S/c1-12(2)26(23,24)13(3)18(22)20-15-10-8-14(9-11-15)19-21-16-6-4-5-7-17(16)25-19/h4-13H,1-3H3,(H,20,22). The number of hydrogen-bond acceptors (Lipinski definition) is 5. The highest BCUT2D eigenvalue weighted by molar-refractivity contribution is 7.93. The van der Waals surface area contributed by atoms with E-state index in [9.17, 15) is 13.2 Å². The first-order valence-electron chi connectivity index (χ1n) is 8.28. The van der Waals surface area contributed by atoms with Crippen LogP contribution in [0.15, 0.2) is 52.9 Å². The van der Waals surface area contributed by atoms with Gasteiger partial charge in [0, 0.05) is 11.3 Å². The molecule has 0 saturated heterocycles. The van der Waals surface area contributed by atoms with Gasteiger partial charge in [0.2, 0.25) is 11.8 Å². The average molecular weight is 372 g/mol. The minimum absolute atomic E-state index is 0.486. The lowest BCUT2D eigenvalue weighted by Gasteiger charge is -2.15. The Balaban J connectivity index is 1.76. The van der Waals surface area contributed by atoms with E-state index in [-0.39, 0.29) is 0 Å². The maximum atomic E-state index is 12.2. The van der Waals surface area contributed by atoms with Gasteiger partial charge in [0.25, 0.3) is 0 Å². The van der Waals surface area contributed by atoms with Gasteiger partial charge in [-0.15, -0.1) is 0 Å². The molecule has 136 valence electrons. The lowest BCUT2D eigenvalue weighted by Crippen LogP contribution is -2.36. The van der Waals surface area contributed by atoms with Crippen LogP contribution in [-0.4, -0.2) is 29.8 Å². The number of amides is 1. The van der Waals surface area contributed by atoms with Gasteiger partial charge in [-0.25, -0.2) is 13.4 Å². The van der Waals surface area contributed by atoms with Gasteiger partial charge in [0.05, 0.1) is 5.25 Å². The van der Waals surface area contributed by atoms with Gasteiger partial charge in [0.1, 0.15) is 10.8 Å². The van der Waals surface area contributed by atoms with E-state index in [1.807, 2.05) is 24.3 Å². The molecule has 1 N–H and O–H groups in total. The number of benzene rings is 2. The Labute approximate surface area is 152 Å². The number of oxazole rings is 1. The van der Waals surface area contributed by atoms with Crippen LogP contribution in [0, 0.1) is 0 Å². The monoisotopic (exact) mass is 372 g/mol. The van der Waals surface area contributed by atoms with E-state index in [0.717, 1.165) is 11.1 Å². The van der Waals surface area contributed by atoms with Gasteiger partial charge in [-0.3, -0.25) is 4.79 Å². The lowest BCUT2D eigenvalue weighted by atomic mass is 10.2. The van der Waals surface area contributed by atoms with Crippen LogP contribution in [0.25, 0.3) is 22.6 Å². The number of fused-ring (bicyclic) bond motifs is 1. The molecule has 7 heteroatoms. The molecule has 0 aliphatic rings. The molecule has 26 heavy (non-hydrogen) atoms. The van der Waals surface area contributed by atoms with Gasteiger partial charge in [-0.05, 0) is 57.2 Å². The summed E-state index contributed by atoms with van der Waals surface area (Å²) in [5, 5.41) is 0.920. The molecule has 0 bridgehead atoms. The fourth-order valence-electron chi connectivity index (χ4n) is 2.49. The summed E-state index contributed by atoms with van der Waals surface area (Å²) < 4.78 is 29.9. The SMILES string of the molecule is CC(C)S(=O)(=O)C(C)C(=O)Nc1ccc(-c2nc3ccccc3o2)cc1. The first-order chi connectivity index (χ1) is 12.3. The number of aromatic nitrogens is 1. The van der Waals surface area contributed by atoms with Gasteiger partial charge in [-0.1, -0.05) is 12.1 Å². The largest absolute Gasteiger partial charge is 0.436 e. The molecule has 3 rings (SSSR count). The summed E-state index contributed by atoms with van der Waals surface area (Å²) in [4.78, 5) is 16.6. The van der Waals surface area contributed by atoms with Crippen molar-refractivity contribution in [1.29, 1.82) is 0 Å². The number of carbonyl (C=O) groups is 1. The number of sulfone groups is 1. The highest BCUT2D eigenvalue weighted by atomic mass is 32.2. The Bertz CT molecular complexity index is 1000. The van der Waals surface area contributed by atoms with Crippen LogP contribution >= 0.6 is 0 Å². The van der Waals surface area contributed by atoms with E-state index in [2.05, 4.69) is 10.3 Å². The Hall–Kier alpha value is -2.67. The van der Waals surface area contributed by atoms with Crippen LogP contribution in [0.4, 0.5) is 5.69 Å². The van der Waals surface area contributed by atoms with E-state index < -0.39 is 26.2 Å². The fraction of sp³-hybridized carbons (Fsp3) is 0.263. The number of carbonyl (C=O) groups excluding carboxylic acids is 1. The molecule has 1 atom stereocenters. The maximum absolute atomic E-state index is 12.2. The number of para-hydroxylation sites is 2. The van der Waals surface area contributed by atoms with E-state index in [4.69, 9.17) is 4.42 Å². The van der Waals surface area contributed by atoms with Crippen molar-refractivity contribution in [2.45, 2.75) is 31.3 Å². The molecule has 1 unspecified atom stereocenters. The Morgan fingerprint density at radius 3 is 2.31 bits per heavy atom. The molecule has 0 aliphatic heterocycles. The number of hydrogen-bond donors (Lipinski definition) is 1. The molecule has 6 nitrogen and oxygen atoms in total. The van der Waals surface area contributed by atoms with Crippen molar-refractivity contribution in [3.63, 3.8) is 0 Å². The normalized spacial score (nSPS) is 13.1. The van der Waals surface area contributed by atoms with Crippen LogP contribution in [0.2, 0.25) is 0 Å².